The second-order valence-electron chi connectivity index (χ2n) is 4.83. The van der Waals surface area contributed by atoms with E-state index < -0.39 is 9.84 Å². The summed E-state index contributed by atoms with van der Waals surface area (Å²) in [7, 11) is -2.91. The number of nitrogens with two attached hydrogens (primary N) is 1. The highest BCUT2D eigenvalue weighted by Gasteiger charge is 2.33. The summed E-state index contributed by atoms with van der Waals surface area (Å²) < 4.78 is 23.3. The molecule has 100 valence electrons. The lowest BCUT2D eigenvalue weighted by Gasteiger charge is -2.39. The van der Waals surface area contributed by atoms with E-state index in [1.54, 1.807) is 0 Å². The molecule has 2 rings (SSSR count). The lowest BCUT2D eigenvalue weighted by atomic mass is 10.1. The van der Waals surface area contributed by atoms with E-state index in [2.05, 4.69) is 24.0 Å². The van der Waals surface area contributed by atoms with E-state index in [1.807, 2.05) is 18.2 Å². The molecule has 1 fully saturated rings. The predicted octanol–water partition coefficient (Wildman–Crippen LogP) is 0.805. The molecule has 0 radical (unpaired) electrons. The summed E-state index contributed by atoms with van der Waals surface area (Å²) in [4.78, 5) is 2.20. The Morgan fingerprint density at radius 3 is 2.67 bits per heavy atom. The molecule has 1 heterocycles. The summed E-state index contributed by atoms with van der Waals surface area (Å²) in [6.45, 7) is 3.06. The average Bonchev–Trinajstić information content (AvgIpc) is 2.38. The molecule has 0 spiro atoms. The largest absolute Gasteiger partial charge is 0.329 e. The van der Waals surface area contributed by atoms with Gasteiger partial charge in [0.25, 0.3) is 0 Å². The molecule has 1 aliphatic heterocycles. The Bertz CT molecular complexity index is 487. The van der Waals surface area contributed by atoms with Gasteiger partial charge >= 0.3 is 0 Å². The van der Waals surface area contributed by atoms with Gasteiger partial charge in [0.05, 0.1) is 11.5 Å². The quantitative estimate of drug-likeness (QED) is 0.881. The van der Waals surface area contributed by atoms with E-state index in [4.69, 9.17) is 5.73 Å². The third-order valence-corrected chi connectivity index (χ3v) is 5.32. The topological polar surface area (TPSA) is 63.4 Å². The fourth-order valence-corrected chi connectivity index (χ4v) is 4.11. The zero-order valence-corrected chi connectivity index (χ0v) is 11.4. The van der Waals surface area contributed by atoms with Crippen LogP contribution >= 0.6 is 0 Å². The fourth-order valence-electron chi connectivity index (χ4n) is 2.54. The summed E-state index contributed by atoms with van der Waals surface area (Å²) in [6, 6.07) is 10.3. The molecule has 2 atom stereocenters. The first kappa shape index (κ1) is 13.5. The average molecular weight is 268 g/mol. The maximum atomic E-state index is 11.6. The van der Waals surface area contributed by atoms with Gasteiger partial charge in [-0.2, -0.15) is 0 Å². The maximum absolute atomic E-state index is 11.6. The van der Waals surface area contributed by atoms with Gasteiger partial charge in [-0.25, -0.2) is 8.42 Å². The van der Waals surface area contributed by atoms with Gasteiger partial charge in [0.15, 0.2) is 9.84 Å². The molecule has 1 aromatic rings. The summed E-state index contributed by atoms with van der Waals surface area (Å²) in [6.07, 6.45) is 0. The van der Waals surface area contributed by atoms with Crippen molar-refractivity contribution in [3.8, 4) is 0 Å². The van der Waals surface area contributed by atoms with Crippen LogP contribution in [-0.4, -0.2) is 44.0 Å². The molecule has 2 N–H and O–H groups in total. The Hall–Kier alpha value is -0.910. The molecule has 2 unspecified atom stereocenters. The summed E-state index contributed by atoms with van der Waals surface area (Å²) >= 11 is 0. The number of hydrogen-bond donors (Lipinski definition) is 1. The minimum Gasteiger partial charge on any atom is -0.329 e. The van der Waals surface area contributed by atoms with Crippen LogP contribution in [0.3, 0.4) is 0 Å². The van der Waals surface area contributed by atoms with Gasteiger partial charge in [0.1, 0.15) is 0 Å². The second-order valence-corrected chi connectivity index (χ2v) is 7.06. The Kier molecular flexibility index (Phi) is 4.04. The number of nitrogens with zero attached hydrogens (tertiary/aromatic N) is 1. The normalized spacial score (nSPS) is 25.8. The molecule has 0 saturated carbocycles. The third-order valence-electron chi connectivity index (χ3n) is 3.63. The molecule has 0 bridgehead atoms. The smallest absolute Gasteiger partial charge is 0.153 e. The Morgan fingerprint density at radius 1 is 1.39 bits per heavy atom. The zero-order chi connectivity index (χ0) is 13.2. The van der Waals surface area contributed by atoms with Gasteiger partial charge < -0.3 is 5.73 Å². The number of rotatable bonds is 3. The molecule has 0 aromatic heterocycles. The highest BCUT2D eigenvalue weighted by atomic mass is 32.2. The van der Waals surface area contributed by atoms with E-state index in [0.29, 0.717) is 13.1 Å². The minimum absolute atomic E-state index is 0.0704. The number of sulfone groups is 1. The Labute approximate surface area is 109 Å². The molecular weight excluding hydrogens is 248 g/mol. The first-order valence-corrected chi connectivity index (χ1v) is 8.07. The van der Waals surface area contributed by atoms with Crippen molar-refractivity contribution >= 4 is 9.84 Å². The van der Waals surface area contributed by atoms with Crippen molar-refractivity contribution in [3.63, 3.8) is 0 Å². The van der Waals surface area contributed by atoms with Crippen LogP contribution in [0.2, 0.25) is 0 Å². The molecular formula is C13H20N2O2S. The van der Waals surface area contributed by atoms with Crippen LogP contribution in [0.5, 0.6) is 0 Å². The van der Waals surface area contributed by atoms with Crippen LogP contribution < -0.4 is 5.73 Å². The van der Waals surface area contributed by atoms with Gasteiger partial charge in [-0.3, -0.25) is 4.90 Å². The number of benzene rings is 1. The first-order chi connectivity index (χ1) is 8.53. The summed E-state index contributed by atoms with van der Waals surface area (Å²) in [5, 5.41) is 0. The van der Waals surface area contributed by atoms with Crippen LogP contribution in [0, 0.1) is 0 Å². The molecule has 1 aliphatic rings. The SMILES string of the molecule is CC(c1ccccc1)N1CCS(=O)(=O)CC1CN. The lowest BCUT2D eigenvalue weighted by molar-refractivity contribution is 0.162. The van der Waals surface area contributed by atoms with E-state index in [-0.39, 0.29) is 23.6 Å². The van der Waals surface area contributed by atoms with Gasteiger partial charge in [0, 0.05) is 25.2 Å². The van der Waals surface area contributed by atoms with E-state index in [0.717, 1.165) is 0 Å². The molecule has 1 saturated heterocycles. The standard InChI is InChI=1S/C13H20N2O2S/c1-11(12-5-3-2-4-6-12)15-7-8-18(16,17)10-13(15)9-14/h2-6,11,13H,7-10,14H2,1H3. The fraction of sp³-hybridized carbons (Fsp3) is 0.538. The second kappa shape index (κ2) is 5.38. The van der Waals surface area contributed by atoms with E-state index in [9.17, 15) is 8.42 Å². The summed E-state index contributed by atoms with van der Waals surface area (Å²) in [5.41, 5.74) is 6.93. The molecule has 5 heteroatoms. The van der Waals surface area contributed by atoms with Crippen molar-refractivity contribution < 1.29 is 8.42 Å². The summed E-state index contributed by atoms with van der Waals surface area (Å²) in [5.74, 6) is 0.418. The minimum atomic E-state index is -2.91. The molecule has 18 heavy (non-hydrogen) atoms. The molecule has 0 aliphatic carbocycles. The molecule has 0 amide bonds. The van der Waals surface area contributed by atoms with Crippen LogP contribution in [0.15, 0.2) is 30.3 Å². The monoisotopic (exact) mass is 268 g/mol. The van der Waals surface area contributed by atoms with Crippen molar-refractivity contribution in [2.45, 2.75) is 19.0 Å². The van der Waals surface area contributed by atoms with E-state index in [1.165, 1.54) is 5.56 Å². The zero-order valence-electron chi connectivity index (χ0n) is 10.6. The third kappa shape index (κ3) is 2.91. The van der Waals surface area contributed by atoms with Crippen LogP contribution in [0.25, 0.3) is 0 Å². The highest BCUT2D eigenvalue weighted by molar-refractivity contribution is 7.91. The van der Waals surface area contributed by atoms with Crippen molar-refractivity contribution in [2.24, 2.45) is 5.73 Å². The van der Waals surface area contributed by atoms with Gasteiger partial charge in [-0.15, -0.1) is 0 Å². The van der Waals surface area contributed by atoms with Crippen molar-refractivity contribution in [2.75, 3.05) is 24.6 Å². The van der Waals surface area contributed by atoms with Crippen molar-refractivity contribution in [3.05, 3.63) is 35.9 Å². The van der Waals surface area contributed by atoms with Crippen LogP contribution in [0.4, 0.5) is 0 Å². The molecule has 1 aromatic carbocycles. The molecule has 4 nitrogen and oxygen atoms in total. The van der Waals surface area contributed by atoms with Gasteiger partial charge in [-0.05, 0) is 12.5 Å². The van der Waals surface area contributed by atoms with E-state index >= 15 is 0 Å². The van der Waals surface area contributed by atoms with Crippen LogP contribution in [-0.2, 0) is 9.84 Å². The number of hydrogen-bond acceptors (Lipinski definition) is 4. The van der Waals surface area contributed by atoms with Gasteiger partial charge in [-0.1, -0.05) is 30.3 Å². The van der Waals surface area contributed by atoms with Gasteiger partial charge in [0.2, 0.25) is 0 Å². The Morgan fingerprint density at radius 2 is 2.06 bits per heavy atom. The predicted molar refractivity (Wildman–Crippen MR) is 73.1 cm³/mol. The van der Waals surface area contributed by atoms with Crippen LogP contribution in [0.1, 0.15) is 18.5 Å². The lowest BCUT2D eigenvalue weighted by Crippen LogP contribution is -2.52. The van der Waals surface area contributed by atoms with Crippen molar-refractivity contribution in [1.82, 2.24) is 4.90 Å². The maximum Gasteiger partial charge on any atom is 0.153 e. The Balaban J connectivity index is 2.18. The first-order valence-electron chi connectivity index (χ1n) is 6.24. The van der Waals surface area contributed by atoms with Crippen molar-refractivity contribution in [1.29, 1.82) is 0 Å². The highest BCUT2D eigenvalue weighted by Crippen LogP contribution is 2.25.